The third-order valence-electron chi connectivity index (χ3n) is 2.17. The van der Waals surface area contributed by atoms with Crippen molar-refractivity contribution < 1.29 is 8.42 Å². The second kappa shape index (κ2) is 5.12. The van der Waals surface area contributed by atoms with Crippen LogP contribution in [-0.2, 0) is 9.84 Å². The zero-order valence-electron chi connectivity index (χ0n) is 10.0. The highest BCUT2D eigenvalue weighted by molar-refractivity contribution is 7.90. The molecule has 0 atom stereocenters. The van der Waals surface area contributed by atoms with Gasteiger partial charge in [-0.05, 0) is 33.7 Å². The second-order valence-corrected chi connectivity index (χ2v) is 7.05. The Kier molecular flexibility index (Phi) is 5.09. The van der Waals surface area contributed by atoms with Crippen LogP contribution < -0.4 is 0 Å². The van der Waals surface area contributed by atoms with E-state index in [-0.39, 0.29) is 11.3 Å². The van der Waals surface area contributed by atoms with Crippen molar-refractivity contribution in [2.75, 3.05) is 25.1 Å². The lowest BCUT2D eigenvalue weighted by Gasteiger charge is -2.35. The van der Waals surface area contributed by atoms with Gasteiger partial charge in [-0.15, -0.1) is 0 Å². The van der Waals surface area contributed by atoms with Gasteiger partial charge in [0.2, 0.25) is 0 Å². The Balaban J connectivity index is 4.25. The molecular formula is C10H23NO2S. The van der Waals surface area contributed by atoms with E-state index < -0.39 is 9.84 Å². The van der Waals surface area contributed by atoms with Gasteiger partial charge < -0.3 is 0 Å². The molecule has 0 unspecified atom stereocenters. The van der Waals surface area contributed by atoms with E-state index in [4.69, 9.17) is 0 Å². The molecule has 0 radical (unpaired) electrons. The lowest BCUT2D eigenvalue weighted by Crippen LogP contribution is -2.44. The molecule has 0 bridgehead atoms. The Morgan fingerprint density at radius 3 is 1.93 bits per heavy atom. The van der Waals surface area contributed by atoms with Crippen LogP contribution in [0.1, 0.15) is 34.1 Å². The number of rotatable bonds is 5. The van der Waals surface area contributed by atoms with E-state index in [1.54, 1.807) is 0 Å². The maximum absolute atomic E-state index is 11.0. The highest BCUT2D eigenvalue weighted by atomic mass is 32.2. The van der Waals surface area contributed by atoms with Crippen LogP contribution >= 0.6 is 0 Å². The predicted molar refractivity (Wildman–Crippen MR) is 61.3 cm³/mol. The lowest BCUT2D eigenvalue weighted by molar-refractivity contribution is 0.146. The van der Waals surface area contributed by atoms with E-state index in [9.17, 15) is 8.42 Å². The lowest BCUT2D eigenvalue weighted by atomic mass is 10.1. The molecule has 0 N–H and O–H groups in total. The van der Waals surface area contributed by atoms with Crippen LogP contribution in [0.4, 0.5) is 0 Å². The van der Waals surface area contributed by atoms with Crippen molar-refractivity contribution in [1.82, 2.24) is 4.90 Å². The van der Waals surface area contributed by atoms with Crippen molar-refractivity contribution in [3.63, 3.8) is 0 Å². The van der Waals surface area contributed by atoms with Crippen LogP contribution in [0.15, 0.2) is 0 Å². The normalized spacial score (nSPS) is 13.6. The van der Waals surface area contributed by atoms with Gasteiger partial charge in [0.15, 0.2) is 0 Å². The van der Waals surface area contributed by atoms with Crippen LogP contribution in [0.25, 0.3) is 0 Å². The fourth-order valence-electron chi connectivity index (χ4n) is 1.33. The number of nitrogens with zero attached hydrogens (tertiary/aromatic N) is 1. The zero-order valence-corrected chi connectivity index (χ0v) is 10.8. The molecule has 4 heteroatoms. The number of sulfone groups is 1. The molecule has 0 fully saturated rings. The van der Waals surface area contributed by atoms with Gasteiger partial charge in [-0.2, -0.15) is 0 Å². The summed E-state index contributed by atoms with van der Waals surface area (Å²) < 4.78 is 22.1. The van der Waals surface area contributed by atoms with E-state index >= 15 is 0 Å². The van der Waals surface area contributed by atoms with Crippen LogP contribution in [0.5, 0.6) is 0 Å². The Bertz CT molecular complexity index is 252. The standard InChI is InChI=1S/C10H23NO2S/c1-6-7-11(10(2,3)4)8-9-14(5,12)13/h6-9H2,1-5H3. The Morgan fingerprint density at radius 1 is 1.14 bits per heavy atom. The molecule has 0 aromatic carbocycles. The monoisotopic (exact) mass is 221 g/mol. The van der Waals surface area contributed by atoms with E-state index in [1.807, 2.05) is 0 Å². The first-order valence-electron chi connectivity index (χ1n) is 5.09. The molecule has 3 nitrogen and oxygen atoms in total. The highest BCUT2D eigenvalue weighted by Gasteiger charge is 2.21. The Morgan fingerprint density at radius 2 is 1.64 bits per heavy atom. The molecule has 0 heterocycles. The Labute approximate surface area is 88.4 Å². The molecule has 0 aromatic heterocycles. The van der Waals surface area contributed by atoms with E-state index in [0.717, 1.165) is 13.0 Å². The second-order valence-electron chi connectivity index (χ2n) is 4.79. The van der Waals surface area contributed by atoms with Crippen LogP contribution in [0, 0.1) is 0 Å². The fraction of sp³-hybridized carbons (Fsp3) is 1.00. The summed E-state index contributed by atoms with van der Waals surface area (Å²) in [6.45, 7) is 10.1. The molecule has 0 rings (SSSR count). The summed E-state index contributed by atoms with van der Waals surface area (Å²) in [5.74, 6) is 0.254. The molecule has 0 saturated carbocycles. The largest absolute Gasteiger partial charge is 0.297 e. The molecule has 14 heavy (non-hydrogen) atoms. The quantitative estimate of drug-likeness (QED) is 0.707. The number of hydrogen-bond donors (Lipinski definition) is 0. The summed E-state index contributed by atoms with van der Waals surface area (Å²) in [5.41, 5.74) is 0.0562. The van der Waals surface area contributed by atoms with Gasteiger partial charge in [-0.1, -0.05) is 6.92 Å². The average Bonchev–Trinajstić information content (AvgIpc) is 1.93. The van der Waals surface area contributed by atoms with Gasteiger partial charge in [0.25, 0.3) is 0 Å². The molecule has 0 aromatic rings. The molecule has 0 amide bonds. The third-order valence-corrected chi connectivity index (χ3v) is 3.10. The molecule has 0 aliphatic heterocycles. The first-order chi connectivity index (χ1) is 6.17. The molecule has 0 aliphatic carbocycles. The topological polar surface area (TPSA) is 37.4 Å². The SMILES string of the molecule is CCCN(CCS(C)(=O)=O)C(C)(C)C. The maximum Gasteiger partial charge on any atom is 0.148 e. The van der Waals surface area contributed by atoms with E-state index in [0.29, 0.717) is 6.54 Å². The van der Waals surface area contributed by atoms with Gasteiger partial charge in [0.1, 0.15) is 9.84 Å². The Hall–Kier alpha value is -0.0900. The van der Waals surface area contributed by atoms with Crippen LogP contribution in [-0.4, -0.2) is 44.0 Å². The predicted octanol–water partition coefficient (Wildman–Crippen LogP) is 1.54. The minimum absolute atomic E-state index is 0.0562. The van der Waals surface area contributed by atoms with Crippen molar-refractivity contribution in [2.24, 2.45) is 0 Å². The van der Waals surface area contributed by atoms with Crippen molar-refractivity contribution in [2.45, 2.75) is 39.7 Å². The highest BCUT2D eigenvalue weighted by Crippen LogP contribution is 2.13. The molecule has 0 saturated heterocycles. The minimum atomic E-state index is -2.84. The van der Waals surface area contributed by atoms with Crippen molar-refractivity contribution >= 4 is 9.84 Å². The molecule has 0 aliphatic rings. The van der Waals surface area contributed by atoms with Crippen LogP contribution in [0.3, 0.4) is 0 Å². The van der Waals surface area contributed by atoms with Crippen molar-refractivity contribution in [3.05, 3.63) is 0 Å². The van der Waals surface area contributed by atoms with Crippen LogP contribution in [0.2, 0.25) is 0 Å². The smallest absolute Gasteiger partial charge is 0.148 e. The maximum atomic E-state index is 11.0. The first-order valence-corrected chi connectivity index (χ1v) is 7.15. The minimum Gasteiger partial charge on any atom is -0.297 e. The summed E-state index contributed by atoms with van der Waals surface area (Å²) in [6.07, 6.45) is 2.35. The third kappa shape index (κ3) is 6.38. The van der Waals surface area contributed by atoms with Crippen molar-refractivity contribution in [1.29, 1.82) is 0 Å². The zero-order chi connectivity index (χ0) is 11.4. The molecule has 0 spiro atoms. The van der Waals surface area contributed by atoms with Gasteiger partial charge in [0, 0.05) is 18.3 Å². The summed E-state index contributed by atoms with van der Waals surface area (Å²) in [6, 6.07) is 0. The van der Waals surface area contributed by atoms with Crippen molar-refractivity contribution in [3.8, 4) is 0 Å². The average molecular weight is 221 g/mol. The van der Waals surface area contributed by atoms with E-state index in [1.165, 1.54) is 6.26 Å². The van der Waals surface area contributed by atoms with Gasteiger partial charge in [-0.3, -0.25) is 4.90 Å². The first kappa shape index (κ1) is 13.9. The summed E-state index contributed by atoms with van der Waals surface area (Å²) in [7, 11) is -2.84. The number of hydrogen-bond acceptors (Lipinski definition) is 3. The summed E-state index contributed by atoms with van der Waals surface area (Å²) >= 11 is 0. The molecule has 86 valence electrons. The summed E-state index contributed by atoms with van der Waals surface area (Å²) in [5, 5.41) is 0. The van der Waals surface area contributed by atoms with E-state index in [2.05, 4.69) is 32.6 Å². The van der Waals surface area contributed by atoms with Gasteiger partial charge in [0.05, 0.1) is 5.75 Å². The van der Waals surface area contributed by atoms with Gasteiger partial charge >= 0.3 is 0 Å². The fourth-order valence-corrected chi connectivity index (χ4v) is 1.88. The van der Waals surface area contributed by atoms with Gasteiger partial charge in [-0.25, -0.2) is 8.42 Å². The summed E-state index contributed by atoms with van der Waals surface area (Å²) in [4.78, 5) is 2.22. The molecular weight excluding hydrogens is 198 g/mol.